The van der Waals surface area contributed by atoms with Crippen LogP contribution in [0.3, 0.4) is 0 Å². The number of benzene rings is 1. The van der Waals surface area contributed by atoms with Gasteiger partial charge >= 0.3 is 5.97 Å². The number of dihydropyridines is 1. The number of nitrogens with one attached hydrogen (secondary N) is 1. The molecule has 1 heterocycles. The minimum absolute atomic E-state index is 0.0869. The number of methoxy groups -OCH3 is 1. The number of hydrogen-bond acceptors (Lipinski definition) is 5. The average Bonchev–Trinajstić information content (AvgIpc) is 2.59. The summed E-state index contributed by atoms with van der Waals surface area (Å²) in [5.41, 5.74) is 3.65. The van der Waals surface area contributed by atoms with Crippen LogP contribution in [0.2, 0.25) is 0 Å². The Morgan fingerprint density at radius 2 is 1.89 bits per heavy atom. The van der Waals surface area contributed by atoms with E-state index in [1.807, 2.05) is 31.2 Å². The number of esters is 1. The van der Waals surface area contributed by atoms with Gasteiger partial charge in [-0.15, -0.1) is 0 Å². The van der Waals surface area contributed by atoms with Gasteiger partial charge in [0.05, 0.1) is 19.3 Å². The van der Waals surface area contributed by atoms with Crippen molar-refractivity contribution in [2.75, 3.05) is 13.7 Å². The lowest BCUT2D eigenvalue weighted by Crippen LogP contribution is -2.38. The summed E-state index contributed by atoms with van der Waals surface area (Å²) >= 11 is 0. The third kappa shape index (κ3) is 3.64. The van der Waals surface area contributed by atoms with Crippen LogP contribution in [0.1, 0.15) is 52.0 Å². The molecule has 1 N–H and O–H groups in total. The van der Waals surface area contributed by atoms with Crippen molar-refractivity contribution in [2.24, 2.45) is 5.41 Å². The van der Waals surface area contributed by atoms with Crippen molar-refractivity contribution in [3.63, 3.8) is 0 Å². The molecule has 27 heavy (non-hydrogen) atoms. The molecule has 5 heteroatoms. The van der Waals surface area contributed by atoms with Crippen molar-refractivity contribution in [3.8, 4) is 5.75 Å². The van der Waals surface area contributed by atoms with Gasteiger partial charge in [-0.25, -0.2) is 4.79 Å². The first-order chi connectivity index (χ1) is 12.8. The predicted molar refractivity (Wildman–Crippen MR) is 103 cm³/mol. The summed E-state index contributed by atoms with van der Waals surface area (Å²) in [4.78, 5) is 25.8. The second kappa shape index (κ2) is 7.22. The Morgan fingerprint density at radius 1 is 1.22 bits per heavy atom. The molecule has 3 rings (SSSR count). The van der Waals surface area contributed by atoms with E-state index in [1.165, 1.54) is 0 Å². The molecule has 0 saturated heterocycles. The highest BCUT2D eigenvalue weighted by molar-refractivity contribution is 6.04. The summed E-state index contributed by atoms with van der Waals surface area (Å²) in [5, 5.41) is 3.33. The SMILES string of the molecule is CCOC(=O)C1=C(C)NC2=C(C(=O)CC(C)(C)C2)[C@H]1c1ccc(OC)cc1. The van der Waals surface area contributed by atoms with E-state index >= 15 is 0 Å². The van der Waals surface area contributed by atoms with Gasteiger partial charge in [-0.2, -0.15) is 0 Å². The zero-order chi connectivity index (χ0) is 19.8. The lowest BCUT2D eigenvalue weighted by molar-refractivity contribution is -0.138. The quantitative estimate of drug-likeness (QED) is 0.817. The number of ether oxygens (including phenoxy) is 2. The molecule has 1 aliphatic carbocycles. The second-order valence-corrected chi connectivity index (χ2v) is 7.92. The largest absolute Gasteiger partial charge is 0.497 e. The maximum absolute atomic E-state index is 13.1. The summed E-state index contributed by atoms with van der Waals surface area (Å²) in [6.45, 7) is 8.14. The van der Waals surface area contributed by atoms with Gasteiger partial charge in [0.15, 0.2) is 5.78 Å². The molecule has 0 aromatic heterocycles. The molecule has 144 valence electrons. The Hall–Kier alpha value is -2.56. The van der Waals surface area contributed by atoms with Crippen LogP contribution in [0, 0.1) is 5.41 Å². The van der Waals surface area contributed by atoms with Gasteiger partial charge in [-0.1, -0.05) is 26.0 Å². The normalized spacial score (nSPS) is 21.5. The highest BCUT2D eigenvalue weighted by Gasteiger charge is 2.43. The highest BCUT2D eigenvalue weighted by atomic mass is 16.5. The Balaban J connectivity index is 2.15. The van der Waals surface area contributed by atoms with Crippen LogP contribution >= 0.6 is 0 Å². The highest BCUT2D eigenvalue weighted by Crippen LogP contribution is 2.46. The van der Waals surface area contributed by atoms with E-state index in [1.54, 1.807) is 14.0 Å². The van der Waals surface area contributed by atoms with Gasteiger partial charge < -0.3 is 14.8 Å². The van der Waals surface area contributed by atoms with E-state index < -0.39 is 5.92 Å². The van der Waals surface area contributed by atoms with Gasteiger partial charge in [-0.05, 0) is 43.4 Å². The molecule has 0 bridgehead atoms. The summed E-state index contributed by atoms with van der Waals surface area (Å²) in [7, 11) is 1.61. The molecule has 0 spiro atoms. The number of allylic oxidation sites excluding steroid dienone is 3. The fourth-order valence-electron chi connectivity index (χ4n) is 4.05. The molecular weight excluding hydrogens is 342 g/mol. The smallest absolute Gasteiger partial charge is 0.336 e. The number of carbonyl (C=O) groups is 2. The van der Waals surface area contributed by atoms with E-state index in [-0.39, 0.29) is 23.8 Å². The van der Waals surface area contributed by atoms with E-state index in [9.17, 15) is 9.59 Å². The molecular formula is C22H27NO4. The van der Waals surface area contributed by atoms with Crippen LogP contribution < -0.4 is 10.1 Å². The fraction of sp³-hybridized carbons (Fsp3) is 0.455. The van der Waals surface area contributed by atoms with E-state index in [4.69, 9.17) is 9.47 Å². The lowest BCUT2D eigenvalue weighted by atomic mass is 9.68. The van der Waals surface area contributed by atoms with Gasteiger partial charge in [-0.3, -0.25) is 4.79 Å². The van der Waals surface area contributed by atoms with Crippen LogP contribution in [-0.2, 0) is 14.3 Å². The summed E-state index contributed by atoms with van der Waals surface area (Å²) < 4.78 is 10.6. The fourth-order valence-corrected chi connectivity index (χ4v) is 4.05. The Kier molecular flexibility index (Phi) is 5.13. The zero-order valence-corrected chi connectivity index (χ0v) is 16.6. The molecule has 1 atom stereocenters. The summed E-state index contributed by atoms with van der Waals surface area (Å²) in [5.74, 6) is 0.0163. The Bertz CT molecular complexity index is 830. The molecule has 0 saturated carbocycles. The molecule has 0 unspecified atom stereocenters. The van der Waals surface area contributed by atoms with Crippen molar-refractivity contribution in [2.45, 2.75) is 46.5 Å². The van der Waals surface area contributed by atoms with E-state index in [2.05, 4.69) is 19.2 Å². The van der Waals surface area contributed by atoms with Crippen molar-refractivity contribution >= 4 is 11.8 Å². The van der Waals surface area contributed by atoms with Crippen LogP contribution in [-0.4, -0.2) is 25.5 Å². The topological polar surface area (TPSA) is 64.6 Å². The first kappa shape index (κ1) is 19.2. The van der Waals surface area contributed by atoms with Crippen LogP contribution in [0.15, 0.2) is 46.8 Å². The first-order valence-corrected chi connectivity index (χ1v) is 9.32. The summed E-state index contributed by atoms with van der Waals surface area (Å²) in [6.07, 6.45) is 1.24. The van der Waals surface area contributed by atoms with Gasteiger partial charge in [0, 0.05) is 29.3 Å². The molecule has 0 radical (unpaired) electrons. The zero-order valence-electron chi connectivity index (χ0n) is 16.6. The van der Waals surface area contributed by atoms with Gasteiger partial charge in [0.2, 0.25) is 0 Å². The van der Waals surface area contributed by atoms with Crippen LogP contribution in [0.4, 0.5) is 0 Å². The number of rotatable bonds is 4. The van der Waals surface area contributed by atoms with Crippen molar-refractivity contribution in [3.05, 3.63) is 52.4 Å². The molecule has 0 amide bonds. The molecule has 0 fully saturated rings. The maximum Gasteiger partial charge on any atom is 0.336 e. The minimum Gasteiger partial charge on any atom is -0.497 e. The number of hydrogen-bond donors (Lipinski definition) is 1. The van der Waals surface area contributed by atoms with Crippen molar-refractivity contribution in [1.29, 1.82) is 0 Å². The third-order valence-corrected chi connectivity index (χ3v) is 5.18. The summed E-state index contributed by atoms with van der Waals surface area (Å²) in [6, 6.07) is 7.54. The van der Waals surface area contributed by atoms with Crippen molar-refractivity contribution < 1.29 is 19.1 Å². The monoisotopic (exact) mass is 369 g/mol. The van der Waals surface area contributed by atoms with E-state index in [0.717, 1.165) is 29.1 Å². The number of Topliss-reactive ketones (excluding diaryl/α,β-unsaturated/α-hetero) is 1. The molecule has 2 aliphatic rings. The molecule has 1 aromatic rings. The first-order valence-electron chi connectivity index (χ1n) is 9.32. The molecule has 1 aliphatic heterocycles. The maximum atomic E-state index is 13.1. The third-order valence-electron chi connectivity index (χ3n) is 5.18. The minimum atomic E-state index is -0.421. The van der Waals surface area contributed by atoms with Crippen molar-refractivity contribution in [1.82, 2.24) is 5.32 Å². The van der Waals surface area contributed by atoms with Crippen LogP contribution in [0.5, 0.6) is 5.75 Å². The molecule has 5 nitrogen and oxygen atoms in total. The van der Waals surface area contributed by atoms with Gasteiger partial charge in [0.1, 0.15) is 5.75 Å². The second-order valence-electron chi connectivity index (χ2n) is 7.92. The lowest BCUT2D eigenvalue weighted by Gasteiger charge is -2.39. The number of ketones is 1. The predicted octanol–water partition coefficient (Wildman–Crippen LogP) is 3.86. The Morgan fingerprint density at radius 3 is 2.48 bits per heavy atom. The van der Waals surface area contributed by atoms with E-state index in [0.29, 0.717) is 17.6 Å². The Labute approximate surface area is 160 Å². The van der Waals surface area contributed by atoms with Gasteiger partial charge in [0.25, 0.3) is 0 Å². The average molecular weight is 369 g/mol. The molecule has 1 aromatic carbocycles. The van der Waals surface area contributed by atoms with Crippen LogP contribution in [0.25, 0.3) is 0 Å². The standard InChI is InChI=1S/C22H27NO4/c1-6-27-21(25)18-13(2)23-16-11-22(3,4)12-17(24)20(16)19(18)14-7-9-15(26-5)10-8-14/h7-10,19,23H,6,11-12H2,1-5H3/t19-/m0/s1. The number of carbonyl (C=O) groups excluding carboxylic acids is 2.